The van der Waals surface area contributed by atoms with E-state index < -0.39 is 17.9 Å². The molecule has 0 saturated heterocycles. The first-order valence-corrected chi connectivity index (χ1v) is 7.83. The number of allylic oxidation sites excluding steroid dienone is 12. The van der Waals surface area contributed by atoms with Gasteiger partial charge in [0.25, 0.3) is 0 Å². The maximum atomic E-state index is 12.8. The van der Waals surface area contributed by atoms with E-state index in [0.29, 0.717) is 0 Å². The molecule has 26 heavy (non-hydrogen) atoms. The van der Waals surface area contributed by atoms with Gasteiger partial charge in [0.2, 0.25) is 5.60 Å². The predicted molar refractivity (Wildman–Crippen MR) is 99.4 cm³/mol. The van der Waals surface area contributed by atoms with Crippen LogP contribution in [0.5, 0.6) is 0 Å². The van der Waals surface area contributed by atoms with Crippen molar-refractivity contribution in [3.63, 3.8) is 0 Å². The summed E-state index contributed by atoms with van der Waals surface area (Å²) in [6, 6.07) is 0. The lowest BCUT2D eigenvalue weighted by Crippen LogP contribution is -2.45. The topological polar surface area (TPSA) is 38.3 Å². The normalized spacial score (nSPS) is 14.3. The van der Waals surface area contributed by atoms with Gasteiger partial charge in [-0.3, -0.25) is 5.32 Å². The minimum absolute atomic E-state index is 0.258. The summed E-state index contributed by atoms with van der Waals surface area (Å²) in [5.41, 5.74) is -2.34. The van der Waals surface area contributed by atoms with Crippen LogP contribution in [-0.2, 0) is 4.74 Å². The van der Waals surface area contributed by atoms with Gasteiger partial charge in [-0.1, -0.05) is 67.3 Å². The predicted octanol–water partition coefficient (Wildman–Crippen LogP) is 5.92. The van der Waals surface area contributed by atoms with E-state index in [0.717, 1.165) is 13.8 Å². The minimum Gasteiger partial charge on any atom is -0.434 e. The van der Waals surface area contributed by atoms with Crippen molar-refractivity contribution < 1.29 is 22.7 Å². The molecule has 0 rings (SSSR count). The van der Waals surface area contributed by atoms with E-state index in [1.165, 1.54) is 18.2 Å². The van der Waals surface area contributed by atoms with E-state index >= 15 is 0 Å². The number of alkyl halides is 3. The van der Waals surface area contributed by atoms with Gasteiger partial charge in [-0.15, -0.1) is 0 Å². The highest BCUT2D eigenvalue weighted by molar-refractivity contribution is 5.71. The number of halogens is 3. The molecule has 0 aliphatic heterocycles. The molecule has 0 unspecified atom stereocenters. The third kappa shape index (κ3) is 10.2. The van der Waals surface area contributed by atoms with Crippen LogP contribution >= 0.6 is 0 Å². The lowest BCUT2D eigenvalue weighted by Gasteiger charge is -2.27. The smallest absolute Gasteiger partial charge is 0.427 e. The molecular weight excluding hydrogens is 343 g/mol. The Kier molecular flexibility index (Phi) is 10.5. The highest BCUT2D eigenvalue weighted by atomic mass is 19.4. The summed E-state index contributed by atoms with van der Waals surface area (Å²) >= 11 is 0. The summed E-state index contributed by atoms with van der Waals surface area (Å²) in [6.45, 7) is 6.97. The van der Waals surface area contributed by atoms with E-state index in [1.807, 2.05) is 25.2 Å². The van der Waals surface area contributed by atoms with Crippen LogP contribution in [0.1, 0.15) is 20.8 Å². The molecule has 0 bridgehead atoms. The van der Waals surface area contributed by atoms with Crippen LogP contribution in [0.2, 0.25) is 0 Å². The summed E-state index contributed by atoms with van der Waals surface area (Å²) in [4.78, 5) is 11.8. The Bertz CT molecular complexity index is 634. The molecule has 0 spiro atoms. The van der Waals surface area contributed by atoms with Crippen LogP contribution in [0.15, 0.2) is 85.2 Å². The van der Waals surface area contributed by atoms with Crippen LogP contribution in [-0.4, -0.2) is 17.9 Å². The van der Waals surface area contributed by atoms with Crippen LogP contribution in [0, 0.1) is 0 Å². The highest BCUT2D eigenvalue weighted by Gasteiger charge is 2.50. The molecule has 0 saturated carbocycles. The second kappa shape index (κ2) is 11.7. The van der Waals surface area contributed by atoms with Gasteiger partial charge in [-0.2, -0.15) is 13.2 Å². The van der Waals surface area contributed by atoms with Gasteiger partial charge < -0.3 is 4.74 Å². The quantitative estimate of drug-likeness (QED) is 0.541. The Labute approximate surface area is 152 Å². The summed E-state index contributed by atoms with van der Waals surface area (Å²) in [6.07, 6.45) is 14.3. The lowest BCUT2D eigenvalue weighted by atomic mass is 10.1. The van der Waals surface area contributed by atoms with Crippen LogP contribution in [0.4, 0.5) is 18.0 Å². The van der Waals surface area contributed by atoms with Crippen molar-refractivity contribution in [2.75, 3.05) is 0 Å². The van der Waals surface area contributed by atoms with Crippen LogP contribution in [0.3, 0.4) is 0 Å². The van der Waals surface area contributed by atoms with E-state index in [9.17, 15) is 18.0 Å². The first kappa shape index (κ1) is 23.2. The van der Waals surface area contributed by atoms with Gasteiger partial charge in [0.1, 0.15) is 0 Å². The third-order valence-corrected chi connectivity index (χ3v) is 2.82. The Morgan fingerprint density at radius 2 is 1.54 bits per heavy atom. The van der Waals surface area contributed by atoms with E-state index in [-0.39, 0.29) is 5.70 Å². The largest absolute Gasteiger partial charge is 0.434 e. The Morgan fingerprint density at radius 1 is 0.962 bits per heavy atom. The zero-order valence-corrected chi connectivity index (χ0v) is 15.1. The number of carbonyl (C=O) groups excluding carboxylic acids is 1. The van der Waals surface area contributed by atoms with Gasteiger partial charge in [-0.25, -0.2) is 4.79 Å². The fraction of sp³-hybridized carbons (Fsp3) is 0.250. The molecule has 0 radical (unpaired) electrons. The molecule has 142 valence electrons. The first-order valence-electron chi connectivity index (χ1n) is 7.83. The number of amides is 1. The molecule has 1 amide bonds. The molecule has 1 N–H and O–H groups in total. The molecule has 0 aliphatic carbocycles. The second-order valence-electron chi connectivity index (χ2n) is 5.42. The van der Waals surface area contributed by atoms with Crippen molar-refractivity contribution in [3.8, 4) is 0 Å². The number of carbonyl (C=O) groups is 1. The molecule has 0 aliphatic rings. The van der Waals surface area contributed by atoms with Gasteiger partial charge in [0.15, 0.2) is 0 Å². The highest BCUT2D eigenvalue weighted by Crippen LogP contribution is 2.32. The molecule has 3 nitrogen and oxygen atoms in total. The SMILES string of the molecule is C=CC=CC=C(C=CC=CC=CC=CC)NC(=O)OC(C)(C)C(F)(F)F. The molecule has 0 atom stereocenters. The monoisotopic (exact) mass is 367 g/mol. The van der Waals surface area contributed by atoms with E-state index in [1.54, 1.807) is 36.5 Å². The molecule has 0 aromatic heterocycles. The van der Waals surface area contributed by atoms with Crippen molar-refractivity contribution in [1.82, 2.24) is 5.32 Å². The van der Waals surface area contributed by atoms with Crippen molar-refractivity contribution in [3.05, 3.63) is 85.2 Å². The number of rotatable bonds is 8. The number of alkyl carbamates (subject to hydrolysis) is 1. The fourth-order valence-corrected chi connectivity index (χ4v) is 1.34. The lowest BCUT2D eigenvalue weighted by molar-refractivity contribution is -0.243. The van der Waals surface area contributed by atoms with Crippen molar-refractivity contribution in [2.24, 2.45) is 0 Å². The number of nitrogens with one attached hydrogen (secondary N) is 1. The third-order valence-electron chi connectivity index (χ3n) is 2.82. The van der Waals surface area contributed by atoms with Crippen LogP contribution in [0.25, 0.3) is 0 Å². The van der Waals surface area contributed by atoms with Gasteiger partial charge in [-0.05, 0) is 32.9 Å². The number of ether oxygens (including phenoxy) is 1. The van der Waals surface area contributed by atoms with Gasteiger partial charge in [0, 0.05) is 5.70 Å². The maximum absolute atomic E-state index is 12.8. The molecule has 0 fully saturated rings. The summed E-state index contributed by atoms with van der Waals surface area (Å²) < 4.78 is 42.8. The van der Waals surface area contributed by atoms with E-state index in [4.69, 9.17) is 0 Å². The van der Waals surface area contributed by atoms with Crippen molar-refractivity contribution >= 4 is 6.09 Å². The second-order valence-corrected chi connectivity index (χ2v) is 5.42. The van der Waals surface area contributed by atoms with Gasteiger partial charge in [0.05, 0.1) is 0 Å². The van der Waals surface area contributed by atoms with Crippen LogP contribution < -0.4 is 5.32 Å². The molecule has 6 heteroatoms. The molecule has 0 heterocycles. The zero-order valence-electron chi connectivity index (χ0n) is 15.1. The zero-order chi connectivity index (χ0) is 20.1. The molecule has 0 aromatic carbocycles. The summed E-state index contributed by atoms with van der Waals surface area (Å²) in [5, 5.41) is 2.28. The Morgan fingerprint density at radius 3 is 2.08 bits per heavy atom. The van der Waals surface area contributed by atoms with Crippen molar-refractivity contribution in [1.29, 1.82) is 0 Å². The number of hydrogen-bond donors (Lipinski definition) is 1. The van der Waals surface area contributed by atoms with Crippen molar-refractivity contribution in [2.45, 2.75) is 32.5 Å². The maximum Gasteiger partial charge on any atom is 0.427 e. The minimum atomic E-state index is -4.67. The summed E-state index contributed by atoms with van der Waals surface area (Å²) in [7, 11) is 0. The Balaban J connectivity index is 5.05. The molecule has 0 aromatic rings. The Hall–Kier alpha value is -2.76. The molecular formula is C20H24F3NO2. The first-order chi connectivity index (χ1) is 12.1. The number of hydrogen-bond acceptors (Lipinski definition) is 2. The van der Waals surface area contributed by atoms with Gasteiger partial charge >= 0.3 is 12.3 Å². The van der Waals surface area contributed by atoms with E-state index in [2.05, 4.69) is 16.6 Å². The summed E-state index contributed by atoms with van der Waals surface area (Å²) in [5.74, 6) is 0. The average Bonchev–Trinajstić information content (AvgIpc) is 2.52. The fourth-order valence-electron chi connectivity index (χ4n) is 1.34. The standard InChI is InChI=1S/C20H24F3NO2/c1-5-7-9-10-11-12-14-16-17(15-13-8-6-2)24-18(25)26-19(3,4)20(21,22)23/h5-16H,2H2,1,3-4H3,(H,24,25). The average molecular weight is 367 g/mol.